The second kappa shape index (κ2) is 9.14. The van der Waals surface area contributed by atoms with E-state index in [2.05, 4.69) is 15.3 Å². The molecule has 32 heavy (non-hydrogen) atoms. The predicted molar refractivity (Wildman–Crippen MR) is 120 cm³/mol. The number of aromatic nitrogens is 3. The first-order valence-electron chi connectivity index (χ1n) is 10.5. The number of nitriles is 1. The monoisotopic (exact) mass is 435 g/mol. The lowest BCUT2D eigenvalue weighted by Gasteiger charge is -2.25. The van der Waals surface area contributed by atoms with E-state index in [-0.39, 0.29) is 17.2 Å². The minimum absolute atomic E-state index is 0.0241. The second-order valence-electron chi connectivity index (χ2n) is 7.65. The van der Waals surface area contributed by atoms with Crippen LogP contribution in [0.5, 0.6) is 17.2 Å². The van der Waals surface area contributed by atoms with Gasteiger partial charge in [0.2, 0.25) is 11.7 Å². The summed E-state index contributed by atoms with van der Waals surface area (Å²) in [4.78, 5) is 22.1. The molecule has 4 rings (SSSR count). The maximum Gasteiger partial charge on any atom is 0.270 e. The molecule has 1 fully saturated rings. The summed E-state index contributed by atoms with van der Waals surface area (Å²) >= 11 is 0. The van der Waals surface area contributed by atoms with Gasteiger partial charge in [0, 0.05) is 35.4 Å². The summed E-state index contributed by atoms with van der Waals surface area (Å²) in [6.45, 7) is 0. The van der Waals surface area contributed by atoms with Gasteiger partial charge in [0.1, 0.15) is 17.3 Å². The maximum absolute atomic E-state index is 13.0. The third-order valence-corrected chi connectivity index (χ3v) is 5.75. The van der Waals surface area contributed by atoms with Crippen LogP contribution in [0.25, 0.3) is 11.0 Å². The minimum atomic E-state index is -0.302. The molecule has 0 bridgehead atoms. The van der Waals surface area contributed by atoms with Crippen molar-refractivity contribution in [2.45, 2.75) is 38.1 Å². The molecule has 0 amide bonds. The fraction of sp³-hybridized carbons (Fsp3) is 0.391. The molecule has 3 aromatic rings. The number of benzene rings is 1. The summed E-state index contributed by atoms with van der Waals surface area (Å²) in [5.74, 6) is 1.79. The summed E-state index contributed by atoms with van der Waals surface area (Å²) in [5, 5.41) is 13.3. The number of hydrogen-bond acceptors (Lipinski definition) is 8. The van der Waals surface area contributed by atoms with Gasteiger partial charge in [-0.15, -0.1) is 0 Å². The van der Waals surface area contributed by atoms with E-state index in [1.165, 1.54) is 0 Å². The van der Waals surface area contributed by atoms with Crippen molar-refractivity contribution in [3.63, 3.8) is 0 Å². The first-order chi connectivity index (χ1) is 15.6. The highest BCUT2D eigenvalue weighted by molar-refractivity contribution is 5.78. The van der Waals surface area contributed by atoms with Gasteiger partial charge in [0.15, 0.2) is 11.5 Å². The van der Waals surface area contributed by atoms with Crippen molar-refractivity contribution in [3.05, 3.63) is 40.3 Å². The van der Waals surface area contributed by atoms with Crippen LogP contribution in [-0.2, 0) is 0 Å². The average molecular weight is 435 g/mol. The predicted octanol–water partition coefficient (Wildman–Crippen LogP) is 3.94. The fourth-order valence-corrected chi connectivity index (χ4v) is 4.22. The summed E-state index contributed by atoms with van der Waals surface area (Å²) in [7, 11) is 4.63. The van der Waals surface area contributed by atoms with Crippen LogP contribution in [0.15, 0.2) is 29.2 Å². The number of anilines is 2. The molecule has 0 unspecified atom stereocenters. The molecule has 2 aromatic heterocycles. The highest BCUT2D eigenvalue weighted by Crippen LogP contribution is 2.40. The van der Waals surface area contributed by atoms with E-state index in [9.17, 15) is 10.1 Å². The van der Waals surface area contributed by atoms with E-state index in [0.717, 1.165) is 32.1 Å². The number of pyridine rings is 1. The van der Waals surface area contributed by atoms with Crippen molar-refractivity contribution in [2.75, 3.05) is 26.6 Å². The first-order valence-corrected chi connectivity index (χ1v) is 10.5. The molecule has 1 aliphatic rings. The van der Waals surface area contributed by atoms with E-state index in [0.29, 0.717) is 39.9 Å². The molecule has 1 aromatic carbocycles. The van der Waals surface area contributed by atoms with E-state index in [1.54, 1.807) is 50.3 Å². The lowest BCUT2D eigenvalue weighted by molar-refractivity contribution is 0.324. The normalized spacial score (nSPS) is 14.1. The molecular formula is C23H25N5O4. The minimum Gasteiger partial charge on any atom is -0.493 e. The molecule has 2 heterocycles. The molecule has 1 N–H and O–H groups in total. The van der Waals surface area contributed by atoms with Crippen molar-refractivity contribution in [3.8, 4) is 23.3 Å². The Labute approximate surface area is 185 Å². The molecule has 1 aliphatic carbocycles. The van der Waals surface area contributed by atoms with E-state index in [4.69, 9.17) is 14.2 Å². The van der Waals surface area contributed by atoms with Crippen LogP contribution in [-0.4, -0.2) is 35.9 Å². The molecule has 166 valence electrons. The molecule has 0 aliphatic heterocycles. The molecule has 0 atom stereocenters. The number of nitrogens with one attached hydrogen (secondary N) is 1. The smallest absolute Gasteiger partial charge is 0.270 e. The van der Waals surface area contributed by atoms with Gasteiger partial charge < -0.3 is 19.5 Å². The molecular weight excluding hydrogens is 410 g/mol. The van der Waals surface area contributed by atoms with Crippen molar-refractivity contribution in [2.24, 2.45) is 0 Å². The van der Waals surface area contributed by atoms with Gasteiger partial charge in [-0.1, -0.05) is 19.3 Å². The first kappa shape index (κ1) is 21.4. The number of methoxy groups -OCH3 is 3. The Morgan fingerprint density at radius 3 is 2.34 bits per heavy atom. The van der Waals surface area contributed by atoms with E-state index < -0.39 is 0 Å². The standard InChI is InChI=1S/C23H25N5O4/c1-30-18-10-16(11-19(31-2)20(18)32-3)26-23-25-13-15-9-14(12-24)22(29)28(21(15)27-23)17-7-5-4-6-8-17/h9-11,13,17H,4-8H2,1-3H3,(H,25,26,27). The van der Waals surface area contributed by atoms with Crippen molar-refractivity contribution in [1.82, 2.24) is 14.5 Å². The molecule has 0 spiro atoms. The average Bonchev–Trinajstić information content (AvgIpc) is 2.83. The molecule has 0 radical (unpaired) electrons. The summed E-state index contributed by atoms with van der Waals surface area (Å²) in [5.41, 5.74) is 0.964. The van der Waals surface area contributed by atoms with Gasteiger partial charge >= 0.3 is 0 Å². The van der Waals surface area contributed by atoms with E-state index >= 15 is 0 Å². The molecule has 1 saturated carbocycles. The Morgan fingerprint density at radius 2 is 1.75 bits per heavy atom. The largest absolute Gasteiger partial charge is 0.493 e. The van der Waals surface area contributed by atoms with Crippen LogP contribution in [0.2, 0.25) is 0 Å². The molecule has 9 nitrogen and oxygen atoms in total. The Hall–Kier alpha value is -3.80. The number of ether oxygens (including phenoxy) is 3. The molecule has 0 saturated heterocycles. The number of hydrogen-bond donors (Lipinski definition) is 1. The Balaban J connectivity index is 1.80. The third-order valence-electron chi connectivity index (χ3n) is 5.75. The quantitative estimate of drug-likeness (QED) is 0.620. The summed E-state index contributed by atoms with van der Waals surface area (Å²) in [6.07, 6.45) is 6.67. The lowest BCUT2D eigenvalue weighted by Crippen LogP contribution is -2.29. The second-order valence-corrected chi connectivity index (χ2v) is 7.65. The maximum atomic E-state index is 13.0. The zero-order valence-corrected chi connectivity index (χ0v) is 18.3. The molecule has 9 heteroatoms. The van der Waals surface area contributed by atoms with Crippen molar-refractivity contribution >= 4 is 22.7 Å². The van der Waals surface area contributed by atoms with Gasteiger partial charge in [0.05, 0.1) is 21.3 Å². The zero-order valence-electron chi connectivity index (χ0n) is 18.3. The van der Waals surface area contributed by atoms with E-state index in [1.807, 2.05) is 6.07 Å². The number of fused-ring (bicyclic) bond motifs is 1. The van der Waals surface area contributed by atoms with Crippen LogP contribution in [0.4, 0.5) is 11.6 Å². The summed E-state index contributed by atoms with van der Waals surface area (Å²) < 4.78 is 17.9. The topological polar surface area (TPSA) is 111 Å². The van der Waals surface area contributed by atoms with Gasteiger partial charge in [0.25, 0.3) is 5.56 Å². The lowest BCUT2D eigenvalue weighted by atomic mass is 9.95. The van der Waals surface area contributed by atoms with Gasteiger partial charge in [-0.2, -0.15) is 10.2 Å². The van der Waals surface area contributed by atoms with Gasteiger partial charge in [-0.05, 0) is 18.9 Å². The van der Waals surface area contributed by atoms with Crippen molar-refractivity contribution in [1.29, 1.82) is 5.26 Å². The zero-order chi connectivity index (χ0) is 22.7. The fourth-order valence-electron chi connectivity index (χ4n) is 4.22. The Bertz CT molecular complexity index is 1220. The van der Waals surface area contributed by atoms with Crippen LogP contribution in [0.3, 0.4) is 0 Å². The SMILES string of the molecule is COc1cc(Nc2ncc3cc(C#N)c(=O)n(C4CCCCC4)c3n2)cc(OC)c1OC. The number of rotatable bonds is 6. The highest BCUT2D eigenvalue weighted by atomic mass is 16.5. The third kappa shape index (κ3) is 3.91. The van der Waals surface area contributed by atoms with Crippen molar-refractivity contribution < 1.29 is 14.2 Å². The van der Waals surface area contributed by atoms with Crippen LogP contribution in [0, 0.1) is 11.3 Å². The Morgan fingerprint density at radius 1 is 1.06 bits per heavy atom. The Kier molecular flexibility index (Phi) is 6.12. The van der Waals surface area contributed by atoms with Crippen LogP contribution in [0.1, 0.15) is 43.7 Å². The number of nitrogens with zero attached hydrogens (tertiary/aromatic N) is 4. The van der Waals surface area contributed by atoms with Gasteiger partial charge in [-0.3, -0.25) is 9.36 Å². The van der Waals surface area contributed by atoms with Crippen LogP contribution >= 0.6 is 0 Å². The highest BCUT2D eigenvalue weighted by Gasteiger charge is 2.22. The van der Waals surface area contributed by atoms with Gasteiger partial charge in [-0.25, -0.2) is 4.98 Å². The van der Waals surface area contributed by atoms with Crippen LogP contribution < -0.4 is 25.1 Å². The summed E-state index contributed by atoms with van der Waals surface area (Å²) in [6, 6.07) is 7.10.